The molecule has 1 aromatic carbocycles. The smallest absolute Gasteiger partial charge is 0.322 e. The van der Waals surface area contributed by atoms with Crippen LogP contribution in [0.15, 0.2) is 24.3 Å². The number of nitrogens with one attached hydrogen (secondary N) is 1. The van der Waals surface area contributed by atoms with Gasteiger partial charge in [-0.15, -0.1) is 0 Å². The summed E-state index contributed by atoms with van der Waals surface area (Å²) in [7, 11) is 0. The molecule has 2 rings (SSSR count). The number of anilines is 1. The molecule has 0 aromatic heterocycles. The fourth-order valence-corrected chi connectivity index (χ4v) is 1.94. The Balaban J connectivity index is 1.94. The molecule has 1 aliphatic rings. The minimum absolute atomic E-state index is 0.0417. The molecular formula is C13H17FN2O2. The number of amides is 2. The Bertz CT molecular complexity index is 412. The Kier molecular flexibility index (Phi) is 3.81. The zero-order valence-corrected chi connectivity index (χ0v) is 10.3. The SMILES string of the molecule is CCc1ccc(NC(=O)N2C[C@H](O)[C@@H](F)C2)cc1. The van der Waals surface area contributed by atoms with Crippen molar-refractivity contribution >= 4 is 11.7 Å². The van der Waals surface area contributed by atoms with Crippen LogP contribution in [-0.4, -0.2) is 41.4 Å². The monoisotopic (exact) mass is 252 g/mol. The van der Waals surface area contributed by atoms with E-state index >= 15 is 0 Å². The van der Waals surface area contributed by atoms with Crippen LogP contribution >= 0.6 is 0 Å². The number of carbonyl (C=O) groups is 1. The number of nitrogens with zero attached hydrogens (tertiary/aromatic N) is 1. The maximum Gasteiger partial charge on any atom is 0.322 e. The first kappa shape index (κ1) is 12.8. The molecule has 2 amide bonds. The van der Waals surface area contributed by atoms with Crippen LogP contribution in [0.1, 0.15) is 12.5 Å². The molecule has 0 radical (unpaired) electrons. The molecule has 2 N–H and O–H groups in total. The van der Waals surface area contributed by atoms with Crippen LogP contribution in [-0.2, 0) is 6.42 Å². The van der Waals surface area contributed by atoms with Crippen molar-refractivity contribution in [2.75, 3.05) is 18.4 Å². The third kappa shape index (κ3) is 2.79. The first-order valence-corrected chi connectivity index (χ1v) is 6.07. The average Bonchev–Trinajstić information content (AvgIpc) is 2.71. The van der Waals surface area contributed by atoms with Crippen LogP contribution < -0.4 is 5.32 Å². The summed E-state index contributed by atoms with van der Waals surface area (Å²) < 4.78 is 13.1. The summed E-state index contributed by atoms with van der Waals surface area (Å²) in [4.78, 5) is 13.1. The molecule has 5 heteroatoms. The highest BCUT2D eigenvalue weighted by molar-refractivity contribution is 5.89. The summed E-state index contributed by atoms with van der Waals surface area (Å²) in [6.45, 7) is 2.04. The molecule has 0 unspecified atom stereocenters. The Morgan fingerprint density at radius 1 is 1.44 bits per heavy atom. The molecule has 1 saturated heterocycles. The van der Waals surface area contributed by atoms with Crippen molar-refractivity contribution in [3.05, 3.63) is 29.8 Å². The van der Waals surface area contributed by atoms with Gasteiger partial charge in [-0.3, -0.25) is 0 Å². The minimum atomic E-state index is -1.35. The second-order valence-electron chi connectivity index (χ2n) is 4.47. The fraction of sp³-hybridized carbons (Fsp3) is 0.462. The van der Waals surface area contributed by atoms with Crippen LogP contribution in [0.2, 0.25) is 0 Å². The number of aliphatic hydroxyl groups is 1. The number of carbonyl (C=O) groups excluding carboxylic acids is 1. The van der Waals surface area contributed by atoms with Gasteiger partial charge in [-0.2, -0.15) is 0 Å². The Morgan fingerprint density at radius 3 is 2.61 bits per heavy atom. The minimum Gasteiger partial charge on any atom is -0.388 e. The van der Waals surface area contributed by atoms with Crippen LogP contribution in [0.25, 0.3) is 0 Å². The van der Waals surface area contributed by atoms with E-state index < -0.39 is 12.3 Å². The van der Waals surface area contributed by atoms with Crippen molar-refractivity contribution in [1.29, 1.82) is 0 Å². The predicted molar refractivity (Wildman–Crippen MR) is 67.3 cm³/mol. The molecule has 1 fully saturated rings. The molecule has 18 heavy (non-hydrogen) atoms. The molecule has 98 valence electrons. The van der Waals surface area contributed by atoms with E-state index in [9.17, 15) is 14.3 Å². The highest BCUT2D eigenvalue weighted by Gasteiger charge is 2.33. The quantitative estimate of drug-likeness (QED) is 0.843. The van der Waals surface area contributed by atoms with Gasteiger partial charge in [0, 0.05) is 5.69 Å². The van der Waals surface area contributed by atoms with E-state index in [-0.39, 0.29) is 19.1 Å². The summed E-state index contributed by atoms with van der Waals surface area (Å²) in [6, 6.07) is 7.13. The second-order valence-corrected chi connectivity index (χ2v) is 4.47. The van der Waals surface area contributed by atoms with E-state index in [1.807, 2.05) is 24.3 Å². The van der Waals surface area contributed by atoms with E-state index in [1.54, 1.807) is 0 Å². The molecule has 1 aromatic rings. The number of aliphatic hydroxyl groups excluding tert-OH is 1. The number of aryl methyl sites for hydroxylation is 1. The Morgan fingerprint density at radius 2 is 2.11 bits per heavy atom. The third-order valence-electron chi connectivity index (χ3n) is 3.12. The number of β-amino-alcohol motifs (C(OH)–C–C–N with tert-alkyl or cyclic N) is 1. The summed E-state index contributed by atoms with van der Waals surface area (Å²) in [5.41, 5.74) is 1.86. The molecule has 0 saturated carbocycles. The van der Waals surface area contributed by atoms with Gasteiger partial charge in [0.15, 0.2) is 0 Å². The van der Waals surface area contributed by atoms with Gasteiger partial charge in [0.05, 0.1) is 13.1 Å². The van der Waals surface area contributed by atoms with Gasteiger partial charge in [0.2, 0.25) is 0 Å². The summed E-state index contributed by atoms with van der Waals surface area (Å²) >= 11 is 0. The van der Waals surface area contributed by atoms with Gasteiger partial charge >= 0.3 is 6.03 Å². The van der Waals surface area contributed by atoms with Gasteiger partial charge in [-0.25, -0.2) is 9.18 Å². The topological polar surface area (TPSA) is 52.6 Å². The zero-order valence-electron chi connectivity index (χ0n) is 10.3. The average molecular weight is 252 g/mol. The normalized spacial score (nSPS) is 23.2. The number of hydrogen-bond donors (Lipinski definition) is 2. The van der Waals surface area contributed by atoms with Crippen molar-refractivity contribution in [1.82, 2.24) is 4.90 Å². The zero-order chi connectivity index (χ0) is 13.1. The maximum atomic E-state index is 13.1. The van der Waals surface area contributed by atoms with E-state index in [1.165, 1.54) is 10.5 Å². The van der Waals surface area contributed by atoms with Crippen LogP contribution in [0.4, 0.5) is 14.9 Å². The van der Waals surface area contributed by atoms with Crippen LogP contribution in [0.5, 0.6) is 0 Å². The lowest BCUT2D eigenvalue weighted by atomic mass is 10.1. The molecule has 0 aliphatic carbocycles. The van der Waals surface area contributed by atoms with Gasteiger partial charge in [0.25, 0.3) is 0 Å². The lowest BCUT2D eigenvalue weighted by molar-refractivity contribution is 0.116. The van der Waals surface area contributed by atoms with Crippen LogP contribution in [0.3, 0.4) is 0 Å². The Labute approximate surface area is 105 Å². The van der Waals surface area contributed by atoms with Crippen molar-refractivity contribution in [2.45, 2.75) is 25.6 Å². The highest BCUT2D eigenvalue weighted by Crippen LogP contribution is 2.16. The first-order valence-electron chi connectivity index (χ1n) is 6.07. The maximum absolute atomic E-state index is 13.1. The van der Waals surface area contributed by atoms with Crippen molar-refractivity contribution < 1.29 is 14.3 Å². The van der Waals surface area contributed by atoms with Gasteiger partial charge < -0.3 is 15.3 Å². The molecule has 2 atom stereocenters. The molecular weight excluding hydrogens is 235 g/mol. The van der Waals surface area contributed by atoms with Crippen molar-refractivity contribution in [3.8, 4) is 0 Å². The molecule has 0 spiro atoms. The molecule has 1 heterocycles. The van der Waals surface area contributed by atoms with Gasteiger partial charge in [0.1, 0.15) is 12.3 Å². The first-order chi connectivity index (χ1) is 8.60. The highest BCUT2D eigenvalue weighted by atomic mass is 19.1. The van der Waals surface area contributed by atoms with Crippen LogP contribution in [0, 0.1) is 0 Å². The van der Waals surface area contributed by atoms with Gasteiger partial charge in [-0.1, -0.05) is 19.1 Å². The van der Waals surface area contributed by atoms with E-state index in [2.05, 4.69) is 12.2 Å². The number of alkyl halides is 1. The summed E-state index contributed by atoms with van der Waals surface area (Å²) in [5.74, 6) is 0. The number of likely N-dealkylation sites (tertiary alicyclic amines) is 1. The molecule has 0 bridgehead atoms. The molecule has 4 nitrogen and oxygen atoms in total. The summed E-state index contributed by atoms with van der Waals surface area (Å²) in [6.07, 6.45) is -1.48. The van der Waals surface area contributed by atoms with E-state index in [0.717, 1.165) is 6.42 Å². The number of rotatable bonds is 2. The summed E-state index contributed by atoms with van der Waals surface area (Å²) in [5, 5.41) is 11.9. The van der Waals surface area contributed by atoms with Gasteiger partial charge in [-0.05, 0) is 24.1 Å². The number of urea groups is 1. The number of benzene rings is 1. The fourth-order valence-electron chi connectivity index (χ4n) is 1.94. The lowest BCUT2D eigenvalue weighted by Crippen LogP contribution is -2.33. The predicted octanol–water partition coefficient (Wildman–Crippen LogP) is 1.80. The number of halogens is 1. The Hall–Kier alpha value is -1.62. The number of hydrogen-bond acceptors (Lipinski definition) is 2. The lowest BCUT2D eigenvalue weighted by Gasteiger charge is -2.16. The van der Waals surface area contributed by atoms with Crippen molar-refractivity contribution in [2.24, 2.45) is 0 Å². The van der Waals surface area contributed by atoms with E-state index in [4.69, 9.17) is 0 Å². The largest absolute Gasteiger partial charge is 0.388 e. The standard InChI is InChI=1S/C13H17FN2O2/c1-2-9-3-5-10(6-4-9)15-13(18)16-7-11(14)12(17)8-16/h3-6,11-12,17H,2,7-8H2,1H3,(H,15,18)/t11-,12-/m0/s1. The molecule has 1 aliphatic heterocycles. The second kappa shape index (κ2) is 5.35. The van der Waals surface area contributed by atoms with Crippen molar-refractivity contribution in [3.63, 3.8) is 0 Å². The third-order valence-corrected chi connectivity index (χ3v) is 3.12. The van der Waals surface area contributed by atoms with E-state index in [0.29, 0.717) is 5.69 Å².